The van der Waals surface area contributed by atoms with Crippen molar-refractivity contribution in [3.05, 3.63) is 34.9 Å². The monoisotopic (exact) mass is 336 g/mol. The smallest absolute Gasteiger partial charge is 0.220 e. The molecule has 0 bridgehead atoms. The molecule has 1 aliphatic rings. The average Bonchev–Trinajstić information content (AvgIpc) is 2.90. The van der Waals surface area contributed by atoms with E-state index in [0.29, 0.717) is 30.3 Å². The molecule has 2 rings (SSSR count). The van der Waals surface area contributed by atoms with Crippen molar-refractivity contribution in [1.82, 2.24) is 10.2 Å². The predicted molar refractivity (Wildman–Crippen MR) is 92.4 cm³/mol. The zero-order valence-corrected chi connectivity index (χ0v) is 14.6. The van der Waals surface area contributed by atoms with Crippen LogP contribution in [0.5, 0.6) is 0 Å². The average molecular weight is 337 g/mol. The van der Waals surface area contributed by atoms with Crippen molar-refractivity contribution in [2.75, 3.05) is 13.1 Å². The zero-order valence-electron chi connectivity index (χ0n) is 13.8. The number of carbonyl (C=O) groups is 2. The minimum absolute atomic E-state index is 0.0523. The number of hydrogen-bond acceptors (Lipinski definition) is 2. The summed E-state index contributed by atoms with van der Waals surface area (Å²) in [5, 5.41) is 3.83. The number of nitrogens with one attached hydrogen (secondary N) is 1. The molecule has 2 unspecified atom stereocenters. The van der Waals surface area contributed by atoms with Crippen molar-refractivity contribution >= 4 is 23.4 Å². The van der Waals surface area contributed by atoms with E-state index in [2.05, 4.69) is 12.2 Å². The molecule has 0 spiro atoms. The van der Waals surface area contributed by atoms with E-state index in [1.54, 1.807) is 6.92 Å². The summed E-state index contributed by atoms with van der Waals surface area (Å²) >= 11 is 5.86. The lowest BCUT2D eigenvalue weighted by Gasteiger charge is -2.19. The van der Waals surface area contributed by atoms with Crippen molar-refractivity contribution < 1.29 is 9.59 Å². The Labute approximate surface area is 143 Å². The molecule has 1 saturated heterocycles. The van der Waals surface area contributed by atoms with Gasteiger partial charge in [-0.1, -0.05) is 37.1 Å². The predicted octanol–water partition coefficient (Wildman–Crippen LogP) is 3.04. The number of likely N-dealkylation sites (tertiary alicyclic amines) is 1. The molecule has 2 atom stereocenters. The first-order chi connectivity index (χ1) is 11.0. The molecule has 4 nitrogen and oxygen atoms in total. The largest absolute Gasteiger partial charge is 0.351 e. The van der Waals surface area contributed by atoms with Crippen LogP contribution in [0.1, 0.15) is 38.7 Å². The standard InChI is InChI=1S/C18H25ClN2O2/c1-3-4-15-11-21(13(2)22)12-17(15)20-18(23)10-7-14-5-8-16(19)9-6-14/h5-6,8-9,15,17H,3-4,7,10-12H2,1-2H3,(H,20,23). The van der Waals surface area contributed by atoms with Gasteiger partial charge in [0.05, 0.1) is 6.04 Å². The van der Waals surface area contributed by atoms with Gasteiger partial charge in [-0.2, -0.15) is 0 Å². The van der Waals surface area contributed by atoms with Gasteiger partial charge in [0, 0.05) is 31.5 Å². The summed E-state index contributed by atoms with van der Waals surface area (Å²) in [6.45, 7) is 5.11. The maximum Gasteiger partial charge on any atom is 0.220 e. The van der Waals surface area contributed by atoms with Gasteiger partial charge in [-0.05, 0) is 36.5 Å². The quantitative estimate of drug-likeness (QED) is 0.868. The molecule has 1 N–H and O–H groups in total. The van der Waals surface area contributed by atoms with Crippen LogP contribution >= 0.6 is 11.6 Å². The van der Waals surface area contributed by atoms with E-state index in [1.165, 1.54) is 0 Å². The fourth-order valence-corrected chi connectivity index (χ4v) is 3.27. The van der Waals surface area contributed by atoms with Crippen LogP contribution in [-0.4, -0.2) is 35.8 Å². The fraction of sp³-hybridized carbons (Fsp3) is 0.556. The van der Waals surface area contributed by atoms with E-state index in [4.69, 9.17) is 11.6 Å². The molecule has 1 aromatic carbocycles. The van der Waals surface area contributed by atoms with Crippen molar-refractivity contribution in [2.45, 2.75) is 45.6 Å². The Morgan fingerprint density at radius 2 is 1.96 bits per heavy atom. The third kappa shape index (κ3) is 5.24. The van der Waals surface area contributed by atoms with Crippen LogP contribution in [0.2, 0.25) is 5.02 Å². The molecule has 5 heteroatoms. The highest BCUT2D eigenvalue weighted by molar-refractivity contribution is 6.30. The van der Waals surface area contributed by atoms with E-state index in [1.807, 2.05) is 29.2 Å². The molecule has 2 amide bonds. The topological polar surface area (TPSA) is 49.4 Å². The van der Waals surface area contributed by atoms with Crippen LogP contribution in [0.4, 0.5) is 0 Å². The molecule has 1 fully saturated rings. The second-order valence-corrected chi connectivity index (χ2v) is 6.71. The van der Waals surface area contributed by atoms with Crippen LogP contribution in [0.25, 0.3) is 0 Å². The van der Waals surface area contributed by atoms with Crippen LogP contribution in [-0.2, 0) is 16.0 Å². The summed E-state index contributed by atoms with van der Waals surface area (Å²) in [5.41, 5.74) is 1.10. The Balaban J connectivity index is 1.85. The number of benzene rings is 1. The van der Waals surface area contributed by atoms with Gasteiger partial charge in [0.2, 0.25) is 11.8 Å². The lowest BCUT2D eigenvalue weighted by molar-refractivity contribution is -0.128. The lowest BCUT2D eigenvalue weighted by atomic mass is 9.98. The van der Waals surface area contributed by atoms with Crippen LogP contribution in [0, 0.1) is 5.92 Å². The second-order valence-electron chi connectivity index (χ2n) is 6.27. The fourth-order valence-electron chi connectivity index (χ4n) is 3.14. The van der Waals surface area contributed by atoms with E-state index in [0.717, 1.165) is 24.9 Å². The summed E-state index contributed by atoms with van der Waals surface area (Å²) in [7, 11) is 0. The summed E-state index contributed by atoms with van der Waals surface area (Å²) in [5.74, 6) is 0.504. The normalized spacial score (nSPS) is 20.6. The number of halogens is 1. The summed E-state index contributed by atoms with van der Waals surface area (Å²) < 4.78 is 0. The highest BCUT2D eigenvalue weighted by Crippen LogP contribution is 2.22. The first-order valence-electron chi connectivity index (χ1n) is 8.29. The SMILES string of the molecule is CCCC1CN(C(C)=O)CC1NC(=O)CCc1ccc(Cl)cc1. The van der Waals surface area contributed by atoms with Gasteiger partial charge in [0.1, 0.15) is 0 Å². The van der Waals surface area contributed by atoms with Gasteiger partial charge in [0.15, 0.2) is 0 Å². The van der Waals surface area contributed by atoms with Gasteiger partial charge < -0.3 is 10.2 Å². The third-order valence-corrected chi connectivity index (χ3v) is 4.70. The van der Waals surface area contributed by atoms with E-state index in [-0.39, 0.29) is 17.9 Å². The molecule has 1 aromatic rings. The van der Waals surface area contributed by atoms with Gasteiger partial charge in [-0.25, -0.2) is 0 Å². The number of amides is 2. The Morgan fingerprint density at radius 3 is 2.57 bits per heavy atom. The number of nitrogens with zero attached hydrogens (tertiary/aromatic N) is 1. The van der Waals surface area contributed by atoms with Gasteiger partial charge >= 0.3 is 0 Å². The Kier molecular flexibility index (Phi) is 6.46. The minimum Gasteiger partial charge on any atom is -0.351 e. The van der Waals surface area contributed by atoms with Crippen LogP contribution < -0.4 is 5.32 Å². The molecular formula is C18H25ClN2O2. The summed E-state index contributed by atoms with van der Waals surface area (Å²) in [6.07, 6.45) is 3.25. The van der Waals surface area contributed by atoms with Gasteiger partial charge in [-0.3, -0.25) is 9.59 Å². The van der Waals surface area contributed by atoms with Crippen molar-refractivity contribution in [1.29, 1.82) is 0 Å². The van der Waals surface area contributed by atoms with Gasteiger partial charge in [-0.15, -0.1) is 0 Å². The molecule has 23 heavy (non-hydrogen) atoms. The zero-order chi connectivity index (χ0) is 16.8. The first-order valence-corrected chi connectivity index (χ1v) is 8.66. The Morgan fingerprint density at radius 1 is 1.26 bits per heavy atom. The molecule has 0 radical (unpaired) electrons. The molecular weight excluding hydrogens is 312 g/mol. The number of rotatable bonds is 6. The number of aryl methyl sites for hydroxylation is 1. The Bertz CT molecular complexity index is 544. The van der Waals surface area contributed by atoms with Crippen molar-refractivity contribution in [3.63, 3.8) is 0 Å². The summed E-state index contributed by atoms with van der Waals surface area (Å²) in [4.78, 5) is 25.6. The first kappa shape index (κ1) is 17.8. The maximum absolute atomic E-state index is 12.2. The summed E-state index contributed by atoms with van der Waals surface area (Å²) in [6, 6.07) is 7.66. The number of hydrogen-bond donors (Lipinski definition) is 1. The van der Waals surface area contributed by atoms with E-state index >= 15 is 0 Å². The minimum atomic E-state index is 0.0523. The van der Waals surface area contributed by atoms with Crippen LogP contribution in [0.15, 0.2) is 24.3 Å². The lowest BCUT2D eigenvalue weighted by Crippen LogP contribution is -2.41. The molecule has 1 heterocycles. The maximum atomic E-state index is 12.2. The molecule has 126 valence electrons. The highest BCUT2D eigenvalue weighted by Gasteiger charge is 2.34. The van der Waals surface area contributed by atoms with E-state index < -0.39 is 0 Å². The van der Waals surface area contributed by atoms with Crippen LogP contribution in [0.3, 0.4) is 0 Å². The molecule has 1 aliphatic heterocycles. The second kappa shape index (κ2) is 8.34. The van der Waals surface area contributed by atoms with E-state index in [9.17, 15) is 9.59 Å². The third-order valence-electron chi connectivity index (χ3n) is 4.45. The number of carbonyl (C=O) groups excluding carboxylic acids is 2. The highest BCUT2D eigenvalue weighted by atomic mass is 35.5. The Hall–Kier alpha value is -1.55. The van der Waals surface area contributed by atoms with Crippen molar-refractivity contribution in [2.24, 2.45) is 5.92 Å². The molecule has 0 saturated carbocycles. The molecule has 0 aliphatic carbocycles. The van der Waals surface area contributed by atoms with Crippen molar-refractivity contribution in [3.8, 4) is 0 Å². The van der Waals surface area contributed by atoms with Gasteiger partial charge in [0.25, 0.3) is 0 Å². The molecule has 0 aromatic heterocycles.